The van der Waals surface area contributed by atoms with Gasteiger partial charge in [-0.05, 0) is 88.4 Å². The molecule has 4 aromatic rings. The van der Waals surface area contributed by atoms with Crippen LogP contribution >= 0.6 is 0 Å². The van der Waals surface area contributed by atoms with Crippen LogP contribution in [0.4, 0.5) is 33.6 Å². The molecular formula is C34H38F5N5O6S2. The molecule has 0 fully saturated rings. The minimum Gasteiger partial charge on any atom is -0.310 e. The van der Waals surface area contributed by atoms with E-state index in [4.69, 9.17) is 0 Å². The fourth-order valence-electron chi connectivity index (χ4n) is 4.21. The van der Waals surface area contributed by atoms with Gasteiger partial charge in [0.2, 0.25) is 11.8 Å². The summed E-state index contributed by atoms with van der Waals surface area (Å²) in [6, 6.07) is 12.8. The number of carbonyl (C=O) groups excluding carboxylic acids is 2. The van der Waals surface area contributed by atoms with Gasteiger partial charge in [0.1, 0.15) is 38.5 Å². The first-order valence-electron chi connectivity index (χ1n) is 15.3. The van der Waals surface area contributed by atoms with Gasteiger partial charge in [-0.15, -0.1) is 0 Å². The summed E-state index contributed by atoms with van der Waals surface area (Å²) >= 11 is 0. The number of hydrogen-bond donors (Lipinski definition) is 2. The number of carbonyl (C=O) groups is 2. The van der Waals surface area contributed by atoms with Crippen molar-refractivity contribution >= 4 is 43.1 Å². The average Bonchev–Trinajstić information content (AvgIpc) is 3.41. The molecule has 0 unspecified atom stereocenters. The Morgan fingerprint density at radius 3 is 1.46 bits per heavy atom. The second kappa shape index (κ2) is 14.7. The second-order valence-electron chi connectivity index (χ2n) is 13.5. The largest absolute Gasteiger partial charge is 0.433 e. The fraction of sp³-hybridized carbons (Fsp3) is 0.353. The predicted octanol–water partition coefficient (Wildman–Crippen LogP) is 6.48. The van der Waals surface area contributed by atoms with Crippen LogP contribution in [0.25, 0.3) is 0 Å². The van der Waals surface area contributed by atoms with Crippen LogP contribution < -0.4 is 10.6 Å². The van der Waals surface area contributed by atoms with Crippen LogP contribution in [0.1, 0.15) is 59.9 Å². The number of pyridine rings is 1. The number of aromatic nitrogens is 3. The van der Waals surface area contributed by atoms with Crippen molar-refractivity contribution in [1.82, 2.24) is 14.8 Å². The van der Waals surface area contributed by atoms with E-state index in [2.05, 4.69) is 20.7 Å². The number of halogens is 5. The molecule has 0 aliphatic carbocycles. The highest BCUT2D eigenvalue weighted by atomic mass is 32.2. The van der Waals surface area contributed by atoms with Gasteiger partial charge in [-0.3, -0.25) is 14.3 Å². The zero-order valence-corrected chi connectivity index (χ0v) is 31.1. The van der Waals surface area contributed by atoms with Crippen molar-refractivity contribution in [2.75, 3.05) is 10.6 Å². The molecule has 18 heteroatoms. The molecule has 4 rings (SSSR count). The van der Waals surface area contributed by atoms with Gasteiger partial charge < -0.3 is 10.6 Å². The Morgan fingerprint density at radius 2 is 1.08 bits per heavy atom. The number of benzene rings is 2. The summed E-state index contributed by atoms with van der Waals surface area (Å²) in [6.07, 6.45) is -4.71. The van der Waals surface area contributed by atoms with E-state index in [1.807, 2.05) is 20.8 Å². The number of anilines is 2. The minimum atomic E-state index is -4.71. The van der Waals surface area contributed by atoms with Gasteiger partial charge in [-0.2, -0.15) is 18.3 Å². The van der Waals surface area contributed by atoms with Crippen molar-refractivity contribution in [2.24, 2.45) is 7.05 Å². The quantitative estimate of drug-likeness (QED) is 0.152. The van der Waals surface area contributed by atoms with Gasteiger partial charge in [0.25, 0.3) is 0 Å². The summed E-state index contributed by atoms with van der Waals surface area (Å²) in [4.78, 5) is 28.0. The molecule has 2 N–H and O–H groups in total. The maximum absolute atomic E-state index is 13.1. The summed E-state index contributed by atoms with van der Waals surface area (Å²) in [5, 5.41) is 9.08. The lowest BCUT2D eigenvalue weighted by molar-refractivity contribution is -0.141. The molecule has 282 valence electrons. The molecular weight excluding hydrogens is 734 g/mol. The number of hydrogen-bond acceptors (Lipinski definition) is 8. The van der Waals surface area contributed by atoms with E-state index in [0.29, 0.717) is 5.82 Å². The molecule has 0 saturated carbocycles. The smallest absolute Gasteiger partial charge is 0.310 e. The third-order valence-electron chi connectivity index (χ3n) is 7.86. The zero-order valence-electron chi connectivity index (χ0n) is 29.4. The Morgan fingerprint density at radius 1 is 0.654 bits per heavy atom. The van der Waals surface area contributed by atoms with Crippen LogP contribution in [0.3, 0.4) is 0 Å². The molecule has 0 aliphatic heterocycles. The van der Waals surface area contributed by atoms with E-state index < -0.39 is 70.3 Å². The third-order valence-corrected chi connectivity index (χ3v) is 12.7. The summed E-state index contributed by atoms with van der Waals surface area (Å²) in [7, 11) is -6.59. The lowest BCUT2D eigenvalue weighted by Crippen LogP contribution is -2.44. The molecule has 2 aromatic carbocycles. The number of sulfone groups is 2. The summed E-state index contributed by atoms with van der Waals surface area (Å²) in [6.45, 7) is 10.8. The van der Waals surface area contributed by atoms with Crippen molar-refractivity contribution in [1.29, 1.82) is 0 Å². The first-order chi connectivity index (χ1) is 23.6. The first-order valence-corrected chi connectivity index (χ1v) is 18.3. The van der Waals surface area contributed by atoms with Gasteiger partial charge in [0, 0.05) is 18.5 Å². The van der Waals surface area contributed by atoms with Gasteiger partial charge in [0.05, 0.1) is 15.5 Å². The number of alkyl halides is 3. The SMILES string of the molecule is CC(C)(C(=O)Nc1cccc(C(F)(F)F)n1)S(=O)(=O)c1ccc(F)cc1.Cn1nc(C(C)(C)C)cc1NC(=O)C(C)(C)S(=O)(=O)c1ccc(F)cc1. The molecule has 11 nitrogen and oxygen atoms in total. The molecule has 52 heavy (non-hydrogen) atoms. The van der Waals surface area contributed by atoms with E-state index in [1.54, 1.807) is 13.1 Å². The highest BCUT2D eigenvalue weighted by Crippen LogP contribution is 2.31. The molecule has 0 radical (unpaired) electrons. The summed E-state index contributed by atoms with van der Waals surface area (Å²) in [5.41, 5.74) is -0.666. The monoisotopic (exact) mass is 771 g/mol. The number of nitrogens with zero attached hydrogens (tertiary/aromatic N) is 3. The van der Waals surface area contributed by atoms with Crippen LogP contribution in [-0.4, -0.2) is 52.9 Å². The van der Waals surface area contributed by atoms with Crippen LogP contribution in [0.2, 0.25) is 0 Å². The molecule has 0 bridgehead atoms. The Kier molecular flexibility index (Phi) is 11.8. The highest BCUT2D eigenvalue weighted by Gasteiger charge is 2.44. The fourth-order valence-corrected chi connectivity index (χ4v) is 6.96. The topological polar surface area (TPSA) is 157 Å². The summed E-state index contributed by atoms with van der Waals surface area (Å²) < 4.78 is 113. The Balaban J connectivity index is 0.000000280. The normalized spacial score (nSPS) is 12.8. The van der Waals surface area contributed by atoms with Crippen LogP contribution in [0, 0.1) is 11.6 Å². The molecule has 0 atom stereocenters. The summed E-state index contributed by atoms with van der Waals surface area (Å²) in [5.74, 6) is -3.00. The lowest BCUT2D eigenvalue weighted by atomic mass is 9.92. The van der Waals surface area contributed by atoms with Gasteiger partial charge in [0.15, 0.2) is 19.7 Å². The first kappa shape index (κ1) is 41.7. The van der Waals surface area contributed by atoms with Crippen molar-refractivity contribution in [2.45, 2.75) is 79.3 Å². The minimum absolute atomic E-state index is 0.112. The van der Waals surface area contributed by atoms with Crippen LogP contribution in [0.15, 0.2) is 82.6 Å². The number of amides is 2. The van der Waals surface area contributed by atoms with Crippen molar-refractivity contribution in [3.05, 3.63) is 95.8 Å². The molecule has 0 spiro atoms. The van der Waals surface area contributed by atoms with Gasteiger partial charge in [-0.1, -0.05) is 26.8 Å². The van der Waals surface area contributed by atoms with Gasteiger partial charge in [-0.25, -0.2) is 30.6 Å². The van der Waals surface area contributed by atoms with E-state index in [1.165, 1.54) is 18.5 Å². The zero-order chi connectivity index (χ0) is 39.7. The molecule has 0 aliphatic rings. The predicted molar refractivity (Wildman–Crippen MR) is 184 cm³/mol. The standard InChI is InChI=1S/C18H24FN3O3S.C16H14F4N2O3S/c1-17(2,3)14-11-15(22(6)21-14)20-16(23)18(4,5)26(24,25)13-9-7-12(19)8-10-13;1-15(2,26(24,25)11-8-6-10(17)7-9-11)14(23)22-13-5-3-4-12(21-13)16(18,19)20/h7-11H,1-6H3,(H,20,23);3-9H,1-2H3,(H,21,22,23). The Labute approximate surface area is 298 Å². The molecule has 2 heterocycles. The molecule has 2 amide bonds. The lowest BCUT2D eigenvalue weighted by Gasteiger charge is -2.23. The van der Waals surface area contributed by atoms with E-state index in [-0.39, 0.29) is 15.2 Å². The third kappa shape index (κ3) is 9.01. The molecule has 0 saturated heterocycles. The highest BCUT2D eigenvalue weighted by molar-refractivity contribution is 7.94. The Bertz CT molecular complexity index is 2160. The van der Waals surface area contributed by atoms with Crippen molar-refractivity contribution in [3.63, 3.8) is 0 Å². The maximum atomic E-state index is 13.1. The second-order valence-corrected chi connectivity index (χ2v) is 18.5. The van der Waals surface area contributed by atoms with Crippen LogP contribution in [-0.2, 0) is 47.9 Å². The van der Waals surface area contributed by atoms with Crippen LogP contribution in [0.5, 0.6) is 0 Å². The van der Waals surface area contributed by atoms with Gasteiger partial charge >= 0.3 is 6.18 Å². The number of aryl methyl sites for hydroxylation is 1. The molecule has 2 aromatic heterocycles. The van der Waals surface area contributed by atoms with E-state index in [0.717, 1.165) is 86.3 Å². The van der Waals surface area contributed by atoms with Crippen molar-refractivity contribution < 1.29 is 48.4 Å². The Hall–Kier alpha value is -4.71. The van der Waals surface area contributed by atoms with Crippen molar-refractivity contribution in [3.8, 4) is 0 Å². The van der Waals surface area contributed by atoms with E-state index in [9.17, 15) is 48.4 Å². The maximum Gasteiger partial charge on any atom is 0.433 e. The van der Waals surface area contributed by atoms with E-state index >= 15 is 0 Å². The number of rotatable bonds is 8. The average molecular weight is 772 g/mol. The number of nitrogens with one attached hydrogen (secondary N) is 2.